The van der Waals surface area contributed by atoms with Crippen LogP contribution in [-0.4, -0.2) is 23.1 Å². The number of rotatable bonds is 4. The van der Waals surface area contributed by atoms with Gasteiger partial charge in [0.1, 0.15) is 10.6 Å². The molecule has 0 radical (unpaired) electrons. The smallest absolute Gasteiger partial charge is 0.263 e. The van der Waals surface area contributed by atoms with Gasteiger partial charge in [-0.05, 0) is 48.6 Å². The van der Waals surface area contributed by atoms with E-state index in [1.807, 2.05) is 29.6 Å². The summed E-state index contributed by atoms with van der Waals surface area (Å²) in [7, 11) is 0.835. The van der Waals surface area contributed by atoms with Crippen LogP contribution in [-0.2, 0) is 0 Å². The van der Waals surface area contributed by atoms with Gasteiger partial charge in [0, 0.05) is 11.3 Å². The molecular formula is C22H13F4N3O2S2. The summed E-state index contributed by atoms with van der Waals surface area (Å²) in [5, 5.41) is 5.15. The van der Waals surface area contributed by atoms with Crippen LogP contribution in [0.15, 0.2) is 48.5 Å². The number of aromatic nitrogens is 1. The van der Waals surface area contributed by atoms with E-state index in [9.17, 15) is 22.4 Å². The third-order valence-electron chi connectivity index (χ3n) is 4.56. The van der Waals surface area contributed by atoms with Crippen molar-refractivity contribution >= 4 is 50.5 Å². The monoisotopic (exact) mass is 491 g/mol. The fraction of sp³-hybridized carbons (Fsp3) is 0.0455. The van der Waals surface area contributed by atoms with E-state index in [0.29, 0.717) is 5.69 Å². The fourth-order valence-electron chi connectivity index (χ4n) is 3.01. The number of methoxy groups -OCH3 is 1. The van der Waals surface area contributed by atoms with Crippen molar-refractivity contribution in [2.24, 2.45) is 0 Å². The number of halogens is 4. The van der Waals surface area contributed by atoms with Gasteiger partial charge in [0.25, 0.3) is 5.91 Å². The lowest BCUT2D eigenvalue weighted by Crippen LogP contribution is -2.35. The number of benzene rings is 3. The molecule has 168 valence electrons. The number of hydrogen-bond acceptors (Lipinski definition) is 5. The number of fused-ring (bicyclic) bond motifs is 1. The highest BCUT2D eigenvalue weighted by Gasteiger charge is 2.30. The molecule has 0 bridgehead atoms. The minimum atomic E-state index is -1.90. The van der Waals surface area contributed by atoms with Crippen molar-refractivity contribution < 1.29 is 27.1 Å². The van der Waals surface area contributed by atoms with Crippen LogP contribution in [0.1, 0.15) is 10.4 Å². The Kier molecular flexibility index (Phi) is 6.25. The SMILES string of the molecule is COc1c(F)c(F)c(C(=O)NC(=S)Nc2ccc(-c3nc4ccccc4s3)cc2)c(F)c1F. The van der Waals surface area contributed by atoms with Crippen LogP contribution in [0.4, 0.5) is 23.2 Å². The number of para-hydroxylation sites is 1. The summed E-state index contributed by atoms with van der Waals surface area (Å²) in [5.41, 5.74) is 0.735. The Bertz CT molecular complexity index is 1330. The highest BCUT2D eigenvalue weighted by Crippen LogP contribution is 2.31. The van der Waals surface area contributed by atoms with Crippen molar-refractivity contribution in [1.82, 2.24) is 10.3 Å². The number of carbonyl (C=O) groups excluding carboxylic acids is 1. The maximum Gasteiger partial charge on any atom is 0.263 e. The summed E-state index contributed by atoms with van der Waals surface area (Å²) >= 11 is 6.50. The Hall–Kier alpha value is -3.57. The highest BCUT2D eigenvalue weighted by molar-refractivity contribution is 7.80. The maximum absolute atomic E-state index is 14.1. The topological polar surface area (TPSA) is 63.2 Å². The van der Waals surface area contributed by atoms with E-state index in [4.69, 9.17) is 12.2 Å². The number of hydrogen-bond donors (Lipinski definition) is 2. The number of anilines is 1. The predicted octanol–water partition coefficient (Wildman–Crippen LogP) is 5.66. The number of ether oxygens (including phenoxy) is 1. The first-order valence-corrected chi connectivity index (χ1v) is 10.5. The van der Waals surface area contributed by atoms with Gasteiger partial charge in [-0.1, -0.05) is 12.1 Å². The van der Waals surface area contributed by atoms with Gasteiger partial charge in [-0.25, -0.2) is 13.8 Å². The Balaban J connectivity index is 1.47. The number of nitrogens with zero attached hydrogens (tertiary/aromatic N) is 1. The zero-order valence-electron chi connectivity index (χ0n) is 16.7. The number of nitrogens with one attached hydrogen (secondary N) is 2. The zero-order chi connectivity index (χ0) is 23.7. The van der Waals surface area contributed by atoms with E-state index < -0.39 is 40.5 Å². The molecule has 0 aliphatic rings. The molecule has 0 saturated carbocycles. The van der Waals surface area contributed by atoms with Crippen molar-refractivity contribution in [3.8, 4) is 16.3 Å². The standard InChI is InChI=1S/C22H13F4N3O2S2/c1-31-19-17(25)15(23)14(16(24)18(19)26)20(30)29-22(32)27-11-8-6-10(7-9-11)21-28-12-4-2-3-5-13(12)33-21/h2-9H,1H3,(H2,27,29,30,32). The molecule has 3 aromatic carbocycles. The lowest BCUT2D eigenvalue weighted by molar-refractivity contribution is 0.0966. The summed E-state index contributed by atoms with van der Waals surface area (Å²) in [4.78, 5) is 16.8. The number of thiocarbonyl (C=S) groups is 1. The molecule has 0 atom stereocenters. The second kappa shape index (κ2) is 9.12. The molecule has 0 spiro atoms. The summed E-state index contributed by atoms with van der Waals surface area (Å²) in [6.07, 6.45) is 0. The zero-order valence-corrected chi connectivity index (χ0v) is 18.3. The van der Waals surface area contributed by atoms with Crippen LogP contribution in [0.3, 0.4) is 0 Å². The average Bonchev–Trinajstić information content (AvgIpc) is 3.23. The number of amides is 1. The van der Waals surface area contributed by atoms with Crippen molar-refractivity contribution in [1.29, 1.82) is 0 Å². The van der Waals surface area contributed by atoms with Crippen LogP contribution in [0, 0.1) is 23.3 Å². The fourth-order valence-corrected chi connectivity index (χ4v) is 4.19. The maximum atomic E-state index is 14.1. The molecule has 1 amide bonds. The molecule has 1 heterocycles. The van der Waals surface area contributed by atoms with Crippen LogP contribution in [0.5, 0.6) is 5.75 Å². The molecular weight excluding hydrogens is 478 g/mol. The molecule has 33 heavy (non-hydrogen) atoms. The van der Waals surface area contributed by atoms with E-state index >= 15 is 0 Å². The lowest BCUT2D eigenvalue weighted by atomic mass is 10.1. The first kappa shape index (κ1) is 22.6. The van der Waals surface area contributed by atoms with Crippen LogP contribution in [0.25, 0.3) is 20.8 Å². The van der Waals surface area contributed by atoms with Gasteiger partial charge in [-0.3, -0.25) is 10.1 Å². The van der Waals surface area contributed by atoms with Crippen molar-refractivity contribution in [2.45, 2.75) is 0 Å². The third-order valence-corrected chi connectivity index (χ3v) is 5.85. The molecule has 5 nitrogen and oxygen atoms in total. The highest BCUT2D eigenvalue weighted by atomic mass is 32.1. The van der Waals surface area contributed by atoms with Gasteiger partial charge < -0.3 is 10.1 Å². The molecule has 0 aliphatic carbocycles. The van der Waals surface area contributed by atoms with E-state index in [1.54, 1.807) is 24.3 Å². The second-order valence-electron chi connectivity index (χ2n) is 6.64. The van der Waals surface area contributed by atoms with Gasteiger partial charge >= 0.3 is 0 Å². The van der Waals surface area contributed by atoms with Gasteiger partial charge in [-0.2, -0.15) is 8.78 Å². The van der Waals surface area contributed by atoms with E-state index in [1.165, 1.54) is 11.3 Å². The quantitative estimate of drug-likeness (QED) is 0.219. The molecule has 1 aromatic heterocycles. The van der Waals surface area contributed by atoms with E-state index in [-0.39, 0.29) is 5.11 Å². The minimum absolute atomic E-state index is 0.330. The molecule has 4 rings (SSSR count). The summed E-state index contributed by atoms with van der Waals surface area (Å²) in [5.74, 6) is -10.2. The number of carbonyl (C=O) groups is 1. The largest absolute Gasteiger partial charge is 0.491 e. The van der Waals surface area contributed by atoms with E-state index in [0.717, 1.165) is 27.9 Å². The molecule has 2 N–H and O–H groups in total. The van der Waals surface area contributed by atoms with Crippen molar-refractivity contribution in [3.63, 3.8) is 0 Å². The third kappa shape index (κ3) is 4.37. The van der Waals surface area contributed by atoms with E-state index in [2.05, 4.69) is 15.0 Å². The summed E-state index contributed by atoms with van der Waals surface area (Å²) in [6.45, 7) is 0. The van der Waals surface area contributed by atoms with Gasteiger partial charge in [-0.15, -0.1) is 11.3 Å². The Morgan fingerprint density at radius 3 is 2.21 bits per heavy atom. The normalized spacial score (nSPS) is 10.8. The van der Waals surface area contributed by atoms with Crippen LogP contribution >= 0.6 is 23.6 Å². The molecule has 0 aliphatic heterocycles. The van der Waals surface area contributed by atoms with Crippen molar-refractivity contribution in [2.75, 3.05) is 12.4 Å². The van der Waals surface area contributed by atoms with Gasteiger partial charge in [0.2, 0.25) is 11.6 Å². The Morgan fingerprint density at radius 2 is 1.61 bits per heavy atom. The Morgan fingerprint density at radius 1 is 0.970 bits per heavy atom. The van der Waals surface area contributed by atoms with Gasteiger partial charge in [0.15, 0.2) is 22.5 Å². The molecule has 11 heteroatoms. The lowest BCUT2D eigenvalue weighted by Gasteiger charge is -2.13. The van der Waals surface area contributed by atoms with Gasteiger partial charge in [0.05, 0.1) is 17.3 Å². The molecule has 4 aromatic rings. The van der Waals surface area contributed by atoms with Crippen molar-refractivity contribution in [3.05, 3.63) is 77.4 Å². The minimum Gasteiger partial charge on any atom is -0.491 e. The molecule has 0 fully saturated rings. The first-order valence-electron chi connectivity index (χ1n) is 9.28. The summed E-state index contributed by atoms with van der Waals surface area (Å²) in [6, 6.07) is 14.6. The molecule has 0 saturated heterocycles. The van der Waals surface area contributed by atoms with Crippen LogP contribution in [0.2, 0.25) is 0 Å². The first-order chi connectivity index (χ1) is 15.8. The molecule has 0 unspecified atom stereocenters. The number of thiazole rings is 1. The summed E-state index contributed by atoms with van der Waals surface area (Å²) < 4.78 is 61.3. The van der Waals surface area contributed by atoms with Crippen LogP contribution < -0.4 is 15.4 Å². The Labute approximate surface area is 194 Å². The second-order valence-corrected chi connectivity index (χ2v) is 8.08. The predicted molar refractivity (Wildman–Crippen MR) is 122 cm³/mol. The average molecular weight is 491 g/mol.